The molecule has 1 aliphatic rings. The molecule has 7 nitrogen and oxygen atoms in total. The maximum absolute atomic E-state index is 12.5. The van der Waals surface area contributed by atoms with Crippen LogP contribution in [0.5, 0.6) is 5.75 Å². The fraction of sp³-hybridized carbons (Fsp3) is 0.450. The van der Waals surface area contributed by atoms with Crippen LogP contribution in [0.3, 0.4) is 0 Å². The van der Waals surface area contributed by atoms with Gasteiger partial charge in [0.15, 0.2) is 0 Å². The van der Waals surface area contributed by atoms with Crippen molar-refractivity contribution < 1.29 is 14.3 Å². The molecule has 1 aromatic carbocycles. The largest absolute Gasteiger partial charge is 0.497 e. The number of thioether (sulfide) groups is 1. The van der Waals surface area contributed by atoms with Crippen LogP contribution in [0.1, 0.15) is 36.6 Å². The van der Waals surface area contributed by atoms with Gasteiger partial charge in [-0.2, -0.15) is 16.9 Å². The van der Waals surface area contributed by atoms with Gasteiger partial charge in [-0.15, -0.1) is 0 Å². The topological polar surface area (TPSA) is 85.3 Å². The number of nitrogens with one attached hydrogen (secondary N) is 2. The van der Waals surface area contributed by atoms with Gasteiger partial charge in [-0.1, -0.05) is 19.1 Å². The van der Waals surface area contributed by atoms with Gasteiger partial charge in [-0.25, -0.2) is 4.68 Å². The first kappa shape index (κ1) is 20.3. The predicted octanol–water partition coefficient (Wildman–Crippen LogP) is 2.74. The highest BCUT2D eigenvalue weighted by molar-refractivity contribution is 7.98. The molecular weight excluding hydrogens is 376 g/mol. The van der Waals surface area contributed by atoms with Crippen LogP contribution in [0, 0.1) is 0 Å². The summed E-state index contributed by atoms with van der Waals surface area (Å²) in [4.78, 5) is 24.6. The lowest BCUT2D eigenvalue weighted by Crippen LogP contribution is -2.29. The molecule has 0 saturated heterocycles. The van der Waals surface area contributed by atoms with Gasteiger partial charge in [0.2, 0.25) is 11.8 Å². The summed E-state index contributed by atoms with van der Waals surface area (Å²) in [6.45, 7) is 2.76. The van der Waals surface area contributed by atoms with Gasteiger partial charge in [0.25, 0.3) is 0 Å². The normalized spacial score (nSPS) is 12.5. The van der Waals surface area contributed by atoms with E-state index < -0.39 is 0 Å². The first-order valence-electron chi connectivity index (χ1n) is 9.46. The zero-order chi connectivity index (χ0) is 19.9. The third-order valence-corrected chi connectivity index (χ3v) is 5.51. The molecule has 2 aromatic rings. The van der Waals surface area contributed by atoms with Crippen LogP contribution < -0.4 is 15.4 Å². The van der Waals surface area contributed by atoms with Crippen LogP contribution >= 0.6 is 11.8 Å². The van der Waals surface area contributed by atoms with Gasteiger partial charge in [-0.3, -0.25) is 9.59 Å². The molecule has 150 valence electrons. The SMILES string of the molecule is CCCNC(=O)Cn1nc2c(c1NC(=O)CCc1ccc(OC)cc1)CSC2. The van der Waals surface area contributed by atoms with Gasteiger partial charge in [-0.05, 0) is 30.5 Å². The molecule has 8 heteroatoms. The van der Waals surface area contributed by atoms with Crippen molar-refractivity contribution >= 4 is 29.4 Å². The Labute approximate surface area is 169 Å². The molecule has 1 aromatic heterocycles. The van der Waals surface area contributed by atoms with E-state index in [9.17, 15) is 9.59 Å². The summed E-state index contributed by atoms with van der Waals surface area (Å²) < 4.78 is 6.78. The molecule has 2 heterocycles. The average Bonchev–Trinajstić information content (AvgIpc) is 3.28. The standard InChI is InChI=1S/C20H26N4O3S/c1-3-10-21-19(26)11-24-20(16-12-28-13-17(16)23-24)22-18(25)9-6-14-4-7-15(27-2)8-5-14/h4-5,7-8H,3,6,9-13H2,1-2H3,(H,21,26)(H,22,25). The third-order valence-electron chi connectivity index (χ3n) is 4.54. The molecule has 1 aliphatic heterocycles. The molecule has 0 saturated carbocycles. The molecule has 0 bridgehead atoms. The Kier molecular flexibility index (Phi) is 6.97. The predicted molar refractivity (Wildman–Crippen MR) is 110 cm³/mol. The Morgan fingerprint density at radius 2 is 2.00 bits per heavy atom. The Bertz CT molecular complexity index is 833. The molecule has 2 N–H and O–H groups in total. The number of rotatable bonds is 9. The van der Waals surface area contributed by atoms with E-state index >= 15 is 0 Å². The molecule has 0 aliphatic carbocycles. The number of anilines is 1. The zero-order valence-electron chi connectivity index (χ0n) is 16.3. The minimum absolute atomic E-state index is 0.0781. The molecule has 0 fully saturated rings. The molecule has 2 amide bonds. The second-order valence-electron chi connectivity index (χ2n) is 6.67. The lowest BCUT2D eigenvalue weighted by atomic mass is 10.1. The Hall–Kier alpha value is -2.48. The first-order valence-corrected chi connectivity index (χ1v) is 10.6. The maximum atomic E-state index is 12.5. The molecule has 28 heavy (non-hydrogen) atoms. The number of benzene rings is 1. The number of aromatic nitrogens is 2. The molecular formula is C20H26N4O3S. The van der Waals surface area contributed by atoms with Crippen LogP contribution in [-0.4, -0.2) is 35.2 Å². The van der Waals surface area contributed by atoms with Crippen LogP contribution in [0.4, 0.5) is 5.82 Å². The maximum Gasteiger partial charge on any atom is 0.241 e. The second-order valence-corrected chi connectivity index (χ2v) is 7.66. The van der Waals surface area contributed by atoms with E-state index in [4.69, 9.17) is 4.74 Å². The number of amides is 2. The lowest BCUT2D eigenvalue weighted by Gasteiger charge is -2.11. The van der Waals surface area contributed by atoms with E-state index in [0.29, 0.717) is 25.2 Å². The molecule has 3 rings (SSSR count). The van der Waals surface area contributed by atoms with E-state index in [1.807, 2.05) is 31.2 Å². The quantitative estimate of drug-likeness (QED) is 0.674. The van der Waals surface area contributed by atoms with Crippen molar-refractivity contribution in [1.82, 2.24) is 15.1 Å². The molecule has 0 unspecified atom stereocenters. The minimum atomic E-state index is -0.0931. The number of carbonyl (C=O) groups is 2. The number of methoxy groups -OCH3 is 1. The van der Waals surface area contributed by atoms with E-state index in [1.165, 1.54) is 0 Å². The van der Waals surface area contributed by atoms with Crippen molar-refractivity contribution in [3.63, 3.8) is 0 Å². The van der Waals surface area contributed by atoms with E-state index in [2.05, 4.69) is 15.7 Å². The Morgan fingerprint density at radius 1 is 1.21 bits per heavy atom. The fourth-order valence-electron chi connectivity index (χ4n) is 3.02. The highest BCUT2D eigenvalue weighted by Crippen LogP contribution is 2.34. The smallest absolute Gasteiger partial charge is 0.241 e. The van der Waals surface area contributed by atoms with Crippen molar-refractivity contribution in [3.05, 3.63) is 41.1 Å². The third kappa shape index (κ3) is 5.07. The lowest BCUT2D eigenvalue weighted by molar-refractivity contribution is -0.122. The van der Waals surface area contributed by atoms with E-state index in [1.54, 1.807) is 23.6 Å². The van der Waals surface area contributed by atoms with Crippen molar-refractivity contribution in [2.75, 3.05) is 19.0 Å². The summed E-state index contributed by atoms with van der Waals surface area (Å²) in [5.74, 6) is 2.90. The van der Waals surface area contributed by atoms with Crippen LogP contribution in [0.2, 0.25) is 0 Å². The number of ether oxygens (including phenoxy) is 1. The van der Waals surface area contributed by atoms with Crippen LogP contribution in [0.25, 0.3) is 0 Å². The second kappa shape index (κ2) is 9.64. The fourth-order valence-corrected chi connectivity index (χ4v) is 4.06. The van der Waals surface area contributed by atoms with Crippen molar-refractivity contribution in [3.8, 4) is 5.75 Å². The number of hydrogen-bond acceptors (Lipinski definition) is 5. The van der Waals surface area contributed by atoms with Crippen molar-refractivity contribution in [1.29, 1.82) is 0 Å². The highest BCUT2D eigenvalue weighted by Gasteiger charge is 2.24. The van der Waals surface area contributed by atoms with Gasteiger partial charge < -0.3 is 15.4 Å². The van der Waals surface area contributed by atoms with Gasteiger partial charge in [0.05, 0.1) is 12.8 Å². The van der Waals surface area contributed by atoms with E-state index in [0.717, 1.165) is 40.5 Å². The molecule has 0 radical (unpaired) electrons. The number of fused-ring (bicyclic) bond motifs is 1. The molecule has 0 spiro atoms. The summed E-state index contributed by atoms with van der Waals surface area (Å²) in [7, 11) is 1.63. The Balaban J connectivity index is 1.63. The van der Waals surface area contributed by atoms with Gasteiger partial charge >= 0.3 is 0 Å². The van der Waals surface area contributed by atoms with Crippen molar-refractivity contribution in [2.45, 2.75) is 44.2 Å². The van der Waals surface area contributed by atoms with Gasteiger partial charge in [0, 0.05) is 30.0 Å². The van der Waals surface area contributed by atoms with Crippen molar-refractivity contribution in [2.24, 2.45) is 0 Å². The number of hydrogen-bond donors (Lipinski definition) is 2. The first-order chi connectivity index (χ1) is 13.6. The number of carbonyl (C=O) groups excluding carboxylic acids is 2. The highest BCUT2D eigenvalue weighted by atomic mass is 32.2. The monoisotopic (exact) mass is 402 g/mol. The van der Waals surface area contributed by atoms with E-state index in [-0.39, 0.29) is 18.4 Å². The van der Waals surface area contributed by atoms with Gasteiger partial charge in [0.1, 0.15) is 18.1 Å². The average molecular weight is 403 g/mol. The minimum Gasteiger partial charge on any atom is -0.497 e. The molecule has 0 atom stereocenters. The van der Waals surface area contributed by atoms with Crippen LogP contribution in [-0.2, 0) is 34.1 Å². The van der Waals surface area contributed by atoms with Crippen LogP contribution in [0.15, 0.2) is 24.3 Å². The zero-order valence-corrected chi connectivity index (χ0v) is 17.1. The Morgan fingerprint density at radius 3 is 2.71 bits per heavy atom. The summed E-state index contributed by atoms with van der Waals surface area (Å²) >= 11 is 1.77. The summed E-state index contributed by atoms with van der Waals surface area (Å²) in [6.07, 6.45) is 1.88. The summed E-state index contributed by atoms with van der Waals surface area (Å²) in [5, 5.41) is 10.4. The number of aryl methyl sites for hydroxylation is 1. The number of nitrogens with zero attached hydrogens (tertiary/aromatic N) is 2. The summed E-state index contributed by atoms with van der Waals surface area (Å²) in [5.41, 5.74) is 3.06. The summed E-state index contributed by atoms with van der Waals surface area (Å²) in [6, 6.07) is 7.70.